The summed E-state index contributed by atoms with van der Waals surface area (Å²) < 4.78 is 12.8. The normalized spacial score (nSPS) is 15.2. The van der Waals surface area contributed by atoms with Gasteiger partial charge in [-0.2, -0.15) is 0 Å². The lowest BCUT2D eigenvalue weighted by Gasteiger charge is -2.37. The highest BCUT2D eigenvalue weighted by atomic mass is 79.9. The average molecular weight is 314 g/mol. The smallest absolute Gasteiger partial charge is 0.227 e. The molecule has 1 aromatic rings. The molecule has 0 aromatic heterocycles. The first-order valence-electron chi connectivity index (χ1n) is 6.30. The van der Waals surface area contributed by atoms with Crippen molar-refractivity contribution in [1.82, 2.24) is 4.90 Å². The SMILES string of the molecule is O=C(Cc1ccc(F)cc1)N(CCBr)C1CCC1. The van der Waals surface area contributed by atoms with Gasteiger partial charge in [-0.05, 0) is 37.0 Å². The van der Waals surface area contributed by atoms with Crippen LogP contribution in [0.4, 0.5) is 4.39 Å². The number of amides is 1. The molecule has 0 atom stereocenters. The summed E-state index contributed by atoms with van der Waals surface area (Å²) in [6, 6.07) is 6.58. The highest BCUT2D eigenvalue weighted by molar-refractivity contribution is 9.09. The molecule has 1 aliphatic rings. The van der Waals surface area contributed by atoms with Crippen molar-refractivity contribution in [1.29, 1.82) is 0 Å². The minimum absolute atomic E-state index is 0.144. The Labute approximate surface area is 115 Å². The molecule has 0 unspecified atom stereocenters. The van der Waals surface area contributed by atoms with E-state index >= 15 is 0 Å². The van der Waals surface area contributed by atoms with Gasteiger partial charge in [0.2, 0.25) is 5.91 Å². The number of halogens is 2. The topological polar surface area (TPSA) is 20.3 Å². The van der Waals surface area contributed by atoms with Crippen molar-refractivity contribution in [2.24, 2.45) is 0 Å². The molecular formula is C14H17BrFNO. The first kappa shape index (κ1) is 13.5. The van der Waals surface area contributed by atoms with E-state index in [1.807, 2.05) is 4.90 Å². The van der Waals surface area contributed by atoms with Gasteiger partial charge in [0.05, 0.1) is 6.42 Å². The third-order valence-corrected chi connectivity index (χ3v) is 3.78. The zero-order valence-corrected chi connectivity index (χ0v) is 11.8. The quantitative estimate of drug-likeness (QED) is 0.765. The van der Waals surface area contributed by atoms with Gasteiger partial charge in [0.15, 0.2) is 0 Å². The van der Waals surface area contributed by atoms with E-state index in [0.717, 1.165) is 30.3 Å². The van der Waals surface area contributed by atoms with Crippen LogP contribution in [-0.2, 0) is 11.2 Å². The van der Waals surface area contributed by atoms with Gasteiger partial charge in [-0.25, -0.2) is 4.39 Å². The Balaban J connectivity index is 1.97. The molecule has 0 bridgehead atoms. The molecule has 0 N–H and O–H groups in total. The highest BCUT2D eigenvalue weighted by Gasteiger charge is 2.27. The highest BCUT2D eigenvalue weighted by Crippen LogP contribution is 2.25. The summed E-state index contributed by atoms with van der Waals surface area (Å²) in [4.78, 5) is 14.2. The second-order valence-electron chi connectivity index (χ2n) is 4.66. The van der Waals surface area contributed by atoms with Crippen molar-refractivity contribution in [3.8, 4) is 0 Å². The van der Waals surface area contributed by atoms with Crippen LogP contribution < -0.4 is 0 Å². The maximum atomic E-state index is 12.8. The number of nitrogens with zero attached hydrogens (tertiary/aromatic N) is 1. The Hall–Kier alpha value is -0.900. The van der Waals surface area contributed by atoms with Crippen LogP contribution in [0.25, 0.3) is 0 Å². The van der Waals surface area contributed by atoms with Crippen LogP contribution in [0.1, 0.15) is 24.8 Å². The van der Waals surface area contributed by atoms with Gasteiger partial charge < -0.3 is 4.90 Å². The summed E-state index contributed by atoms with van der Waals surface area (Å²) in [7, 11) is 0. The molecule has 0 radical (unpaired) electrons. The summed E-state index contributed by atoms with van der Waals surface area (Å²) in [5, 5.41) is 0.804. The molecule has 2 nitrogen and oxygen atoms in total. The molecule has 18 heavy (non-hydrogen) atoms. The lowest BCUT2D eigenvalue weighted by Crippen LogP contribution is -2.45. The Morgan fingerprint density at radius 2 is 2.00 bits per heavy atom. The molecular weight excluding hydrogens is 297 g/mol. The second kappa shape index (κ2) is 6.32. The first-order chi connectivity index (χ1) is 8.70. The summed E-state index contributed by atoms with van der Waals surface area (Å²) in [5.41, 5.74) is 0.875. The number of carbonyl (C=O) groups is 1. The van der Waals surface area contributed by atoms with Crippen LogP contribution in [0.5, 0.6) is 0 Å². The van der Waals surface area contributed by atoms with Crippen molar-refractivity contribution in [3.05, 3.63) is 35.6 Å². The average Bonchev–Trinajstić information content (AvgIpc) is 2.29. The summed E-state index contributed by atoms with van der Waals surface area (Å²) >= 11 is 3.39. The maximum absolute atomic E-state index is 12.8. The van der Waals surface area contributed by atoms with E-state index in [4.69, 9.17) is 0 Å². The van der Waals surface area contributed by atoms with Crippen LogP contribution in [0.3, 0.4) is 0 Å². The number of rotatable bonds is 5. The molecule has 2 rings (SSSR count). The Morgan fingerprint density at radius 3 is 2.50 bits per heavy atom. The van der Waals surface area contributed by atoms with Crippen molar-refractivity contribution >= 4 is 21.8 Å². The lowest BCUT2D eigenvalue weighted by molar-refractivity contribution is -0.134. The molecule has 4 heteroatoms. The zero-order chi connectivity index (χ0) is 13.0. The van der Waals surface area contributed by atoms with Crippen molar-refractivity contribution < 1.29 is 9.18 Å². The third kappa shape index (κ3) is 3.31. The van der Waals surface area contributed by atoms with Crippen LogP contribution in [0.2, 0.25) is 0 Å². The Kier molecular flexibility index (Phi) is 4.75. The zero-order valence-electron chi connectivity index (χ0n) is 10.2. The van der Waals surface area contributed by atoms with E-state index in [1.165, 1.54) is 18.6 Å². The molecule has 1 amide bonds. The van der Waals surface area contributed by atoms with E-state index in [1.54, 1.807) is 12.1 Å². The predicted molar refractivity (Wildman–Crippen MR) is 73.3 cm³/mol. The Bertz CT molecular complexity index is 403. The van der Waals surface area contributed by atoms with Crippen LogP contribution in [-0.4, -0.2) is 28.7 Å². The van der Waals surface area contributed by atoms with Gasteiger partial charge in [-0.15, -0.1) is 0 Å². The fourth-order valence-corrected chi connectivity index (χ4v) is 2.56. The summed E-state index contributed by atoms with van der Waals surface area (Å²) in [6.07, 6.45) is 3.81. The minimum Gasteiger partial charge on any atom is -0.339 e. The predicted octanol–water partition coefficient (Wildman–Crippen LogP) is 3.14. The molecule has 1 fully saturated rings. The third-order valence-electron chi connectivity index (χ3n) is 3.43. The van der Waals surface area contributed by atoms with E-state index in [0.29, 0.717) is 12.5 Å². The molecule has 1 aromatic carbocycles. The van der Waals surface area contributed by atoms with Crippen LogP contribution in [0.15, 0.2) is 24.3 Å². The Morgan fingerprint density at radius 1 is 1.33 bits per heavy atom. The van der Waals surface area contributed by atoms with E-state index in [9.17, 15) is 9.18 Å². The molecule has 0 aliphatic heterocycles. The first-order valence-corrected chi connectivity index (χ1v) is 7.42. The van der Waals surface area contributed by atoms with Crippen molar-refractivity contribution in [2.45, 2.75) is 31.7 Å². The fraction of sp³-hybridized carbons (Fsp3) is 0.500. The molecule has 1 saturated carbocycles. The largest absolute Gasteiger partial charge is 0.339 e. The van der Waals surface area contributed by atoms with E-state index in [-0.39, 0.29) is 11.7 Å². The fourth-order valence-electron chi connectivity index (χ4n) is 2.18. The van der Waals surface area contributed by atoms with Crippen molar-refractivity contribution in [2.75, 3.05) is 11.9 Å². The monoisotopic (exact) mass is 313 g/mol. The summed E-state index contributed by atoms with van der Waals surface area (Å²) in [6.45, 7) is 0.755. The number of alkyl halides is 1. The van der Waals surface area contributed by atoms with E-state index < -0.39 is 0 Å². The van der Waals surface area contributed by atoms with Crippen LogP contribution >= 0.6 is 15.9 Å². The number of hydrogen-bond acceptors (Lipinski definition) is 1. The molecule has 0 heterocycles. The molecule has 0 saturated heterocycles. The second-order valence-corrected chi connectivity index (χ2v) is 5.46. The van der Waals surface area contributed by atoms with Gasteiger partial charge >= 0.3 is 0 Å². The number of carbonyl (C=O) groups excluding carboxylic acids is 1. The van der Waals surface area contributed by atoms with E-state index in [2.05, 4.69) is 15.9 Å². The van der Waals surface area contributed by atoms with Gasteiger partial charge in [0.1, 0.15) is 5.82 Å². The van der Waals surface area contributed by atoms with Gasteiger partial charge in [-0.3, -0.25) is 4.79 Å². The lowest BCUT2D eigenvalue weighted by atomic mass is 9.91. The molecule has 98 valence electrons. The van der Waals surface area contributed by atoms with Gasteiger partial charge in [0.25, 0.3) is 0 Å². The summed E-state index contributed by atoms with van der Waals surface area (Å²) in [5.74, 6) is -0.117. The maximum Gasteiger partial charge on any atom is 0.227 e. The molecule has 1 aliphatic carbocycles. The number of hydrogen-bond donors (Lipinski definition) is 0. The van der Waals surface area contributed by atoms with Crippen LogP contribution in [0, 0.1) is 5.82 Å². The minimum atomic E-state index is -0.262. The van der Waals surface area contributed by atoms with Gasteiger partial charge in [-0.1, -0.05) is 28.1 Å². The number of benzene rings is 1. The van der Waals surface area contributed by atoms with Crippen molar-refractivity contribution in [3.63, 3.8) is 0 Å². The van der Waals surface area contributed by atoms with Gasteiger partial charge in [0, 0.05) is 17.9 Å². The molecule has 0 spiro atoms. The standard InChI is InChI=1S/C14H17BrFNO/c15-8-9-17(13-2-1-3-13)14(18)10-11-4-6-12(16)7-5-11/h4-7,13H,1-3,8-10H2.